The van der Waals surface area contributed by atoms with Crippen molar-refractivity contribution < 1.29 is 4.79 Å². The summed E-state index contributed by atoms with van der Waals surface area (Å²) < 4.78 is 0. The highest BCUT2D eigenvalue weighted by Crippen LogP contribution is 2.49. The largest absolute Gasteiger partial charge is 0.339 e. The molecular weight excluding hydrogens is 492 g/mol. The molecule has 0 radical (unpaired) electrons. The SMILES string of the molecule is CSc1nc2c(c(=O)[nH]1)C1C(=C(c3ccc(Cl)cc3)N2)C(=O)N(Cc2ccccc2)c2ccccc21. The number of hydrogen-bond acceptors (Lipinski definition) is 5. The van der Waals surface area contributed by atoms with Crippen molar-refractivity contribution >= 4 is 46.5 Å². The summed E-state index contributed by atoms with van der Waals surface area (Å²) in [4.78, 5) is 37.0. The first-order valence-corrected chi connectivity index (χ1v) is 13.1. The van der Waals surface area contributed by atoms with Gasteiger partial charge in [0, 0.05) is 10.7 Å². The summed E-state index contributed by atoms with van der Waals surface area (Å²) in [5.74, 6) is -0.255. The topological polar surface area (TPSA) is 78.1 Å². The third-order valence-corrected chi connectivity index (χ3v) is 7.38. The van der Waals surface area contributed by atoms with E-state index in [1.165, 1.54) is 11.8 Å². The summed E-state index contributed by atoms with van der Waals surface area (Å²) in [5, 5.41) is 4.44. The lowest BCUT2D eigenvalue weighted by Crippen LogP contribution is -2.42. The molecule has 1 unspecified atom stereocenters. The van der Waals surface area contributed by atoms with Gasteiger partial charge >= 0.3 is 0 Å². The molecule has 4 aromatic rings. The van der Waals surface area contributed by atoms with E-state index < -0.39 is 5.92 Å². The normalized spacial score (nSPS) is 16.2. The van der Waals surface area contributed by atoms with Gasteiger partial charge in [-0.05, 0) is 41.1 Å². The summed E-state index contributed by atoms with van der Waals surface area (Å²) in [5.41, 5.74) is 4.83. The minimum absolute atomic E-state index is 0.154. The molecular formula is C28H21ClN4O2S. The van der Waals surface area contributed by atoms with Crippen LogP contribution in [0.4, 0.5) is 11.5 Å². The number of amides is 1. The molecule has 0 saturated carbocycles. The van der Waals surface area contributed by atoms with Gasteiger partial charge in [-0.3, -0.25) is 9.59 Å². The third-order valence-electron chi connectivity index (χ3n) is 6.55. The summed E-state index contributed by atoms with van der Waals surface area (Å²) in [6, 6.07) is 25.0. The molecule has 36 heavy (non-hydrogen) atoms. The van der Waals surface area contributed by atoms with Crippen LogP contribution in [0.15, 0.2) is 94.4 Å². The molecule has 178 valence electrons. The first-order chi connectivity index (χ1) is 17.5. The Morgan fingerprint density at radius 3 is 2.44 bits per heavy atom. The Kier molecular flexibility index (Phi) is 5.66. The highest BCUT2D eigenvalue weighted by Gasteiger charge is 2.44. The lowest BCUT2D eigenvalue weighted by molar-refractivity contribution is -0.115. The molecule has 2 aliphatic rings. The fraction of sp³-hybridized carbons (Fsp3) is 0.107. The van der Waals surface area contributed by atoms with Crippen molar-refractivity contribution in [2.75, 3.05) is 16.5 Å². The molecule has 3 aromatic carbocycles. The second-order valence-electron chi connectivity index (χ2n) is 8.63. The van der Waals surface area contributed by atoms with Crippen molar-refractivity contribution in [1.82, 2.24) is 9.97 Å². The number of thioether (sulfide) groups is 1. The summed E-state index contributed by atoms with van der Waals surface area (Å²) in [7, 11) is 0. The molecule has 0 aliphatic carbocycles. The Labute approximate surface area is 217 Å². The molecule has 2 N–H and O–H groups in total. The molecule has 0 bridgehead atoms. The van der Waals surface area contributed by atoms with E-state index in [-0.39, 0.29) is 11.5 Å². The Hall–Kier alpha value is -3.81. The number of rotatable bonds is 4. The van der Waals surface area contributed by atoms with Crippen molar-refractivity contribution in [2.24, 2.45) is 0 Å². The quantitative estimate of drug-likeness (QED) is 0.272. The van der Waals surface area contributed by atoms with Crippen LogP contribution in [0.25, 0.3) is 5.70 Å². The van der Waals surface area contributed by atoms with Gasteiger partial charge in [0.2, 0.25) is 0 Å². The van der Waals surface area contributed by atoms with Crippen molar-refractivity contribution in [1.29, 1.82) is 0 Å². The molecule has 3 heterocycles. The van der Waals surface area contributed by atoms with E-state index in [1.54, 1.807) is 17.0 Å². The zero-order valence-corrected chi connectivity index (χ0v) is 20.9. The smallest absolute Gasteiger partial charge is 0.257 e. The number of aromatic nitrogens is 2. The van der Waals surface area contributed by atoms with Gasteiger partial charge in [0.1, 0.15) is 5.82 Å². The standard InChI is InChI=1S/C28H21ClN4O2S/c1-36-28-31-25-23(26(34)32-28)21-19-9-5-6-10-20(19)33(15-16-7-3-2-4-8-16)27(35)22(21)24(30-25)17-11-13-18(29)14-12-17/h2-14,21H,15H2,1H3,(H2,30,31,32,34). The minimum Gasteiger partial charge on any atom is -0.339 e. The number of fused-ring (bicyclic) bond motifs is 5. The van der Waals surface area contributed by atoms with Crippen molar-refractivity contribution in [2.45, 2.75) is 17.6 Å². The van der Waals surface area contributed by atoms with Gasteiger partial charge < -0.3 is 15.2 Å². The van der Waals surface area contributed by atoms with Gasteiger partial charge in [0.05, 0.1) is 29.3 Å². The van der Waals surface area contributed by atoms with Crippen LogP contribution in [0.1, 0.15) is 28.2 Å². The first kappa shape index (κ1) is 22.6. The number of halogens is 1. The Balaban J connectivity index is 1.63. The van der Waals surface area contributed by atoms with Gasteiger partial charge in [-0.1, -0.05) is 84.0 Å². The monoisotopic (exact) mass is 512 g/mol. The summed E-state index contributed by atoms with van der Waals surface area (Å²) >= 11 is 7.52. The van der Waals surface area contributed by atoms with E-state index in [1.807, 2.05) is 73.0 Å². The predicted octanol–water partition coefficient (Wildman–Crippen LogP) is 5.66. The maximum atomic E-state index is 14.3. The molecule has 1 atom stereocenters. The average Bonchev–Trinajstić information content (AvgIpc) is 2.91. The fourth-order valence-corrected chi connectivity index (χ4v) is 5.44. The fourth-order valence-electron chi connectivity index (χ4n) is 4.94. The predicted molar refractivity (Wildman–Crippen MR) is 145 cm³/mol. The minimum atomic E-state index is -0.560. The van der Waals surface area contributed by atoms with E-state index >= 15 is 0 Å². The number of carbonyl (C=O) groups is 1. The van der Waals surface area contributed by atoms with Gasteiger partial charge in [-0.15, -0.1) is 0 Å². The van der Waals surface area contributed by atoms with E-state index in [2.05, 4.69) is 15.3 Å². The van der Waals surface area contributed by atoms with E-state index in [4.69, 9.17) is 11.6 Å². The van der Waals surface area contributed by atoms with Crippen LogP contribution >= 0.6 is 23.4 Å². The summed E-state index contributed by atoms with van der Waals surface area (Å²) in [6.07, 6.45) is 1.86. The maximum absolute atomic E-state index is 14.3. The number of carbonyl (C=O) groups excluding carboxylic acids is 1. The Morgan fingerprint density at radius 1 is 0.972 bits per heavy atom. The lowest BCUT2D eigenvalue weighted by atomic mass is 9.77. The third kappa shape index (κ3) is 3.72. The van der Waals surface area contributed by atoms with Gasteiger partial charge in [-0.2, -0.15) is 0 Å². The molecule has 1 aromatic heterocycles. The first-order valence-electron chi connectivity index (χ1n) is 11.4. The van der Waals surface area contributed by atoms with Crippen LogP contribution in [0.5, 0.6) is 0 Å². The second-order valence-corrected chi connectivity index (χ2v) is 9.86. The zero-order chi connectivity index (χ0) is 24.8. The summed E-state index contributed by atoms with van der Waals surface area (Å²) in [6.45, 7) is 0.410. The van der Waals surface area contributed by atoms with Crippen LogP contribution in [0.3, 0.4) is 0 Å². The number of hydrogen-bond donors (Lipinski definition) is 2. The number of benzene rings is 3. The molecule has 1 amide bonds. The van der Waals surface area contributed by atoms with Crippen LogP contribution in [-0.2, 0) is 11.3 Å². The van der Waals surface area contributed by atoms with Gasteiger partial charge in [0.15, 0.2) is 5.16 Å². The Morgan fingerprint density at radius 2 is 1.69 bits per heavy atom. The van der Waals surface area contributed by atoms with Crippen molar-refractivity contribution in [3.8, 4) is 0 Å². The second kappa shape index (κ2) is 9.00. The number of para-hydroxylation sites is 1. The Bertz CT molecular complexity index is 1580. The zero-order valence-electron chi connectivity index (χ0n) is 19.3. The highest BCUT2D eigenvalue weighted by molar-refractivity contribution is 7.98. The molecule has 2 aliphatic heterocycles. The van der Waals surface area contributed by atoms with Gasteiger partial charge in [-0.25, -0.2) is 4.98 Å². The molecule has 0 fully saturated rings. The van der Waals surface area contributed by atoms with E-state index in [9.17, 15) is 9.59 Å². The number of anilines is 2. The maximum Gasteiger partial charge on any atom is 0.257 e. The molecule has 6 rings (SSSR count). The number of aromatic amines is 1. The molecule has 8 heteroatoms. The highest BCUT2D eigenvalue weighted by atomic mass is 35.5. The number of nitrogens with zero attached hydrogens (tertiary/aromatic N) is 2. The molecule has 0 saturated heterocycles. The number of H-pyrrole nitrogens is 1. The van der Waals surface area contributed by atoms with E-state index in [0.29, 0.717) is 39.4 Å². The lowest BCUT2D eigenvalue weighted by Gasteiger charge is -2.39. The molecule has 0 spiro atoms. The van der Waals surface area contributed by atoms with Crippen molar-refractivity contribution in [3.05, 3.63) is 122 Å². The molecule has 6 nitrogen and oxygen atoms in total. The average molecular weight is 513 g/mol. The number of nitrogens with one attached hydrogen (secondary N) is 2. The van der Waals surface area contributed by atoms with Crippen LogP contribution in [-0.4, -0.2) is 22.1 Å². The van der Waals surface area contributed by atoms with E-state index in [0.717, 1.165) is 22.4 Å². The van der Waals surface area contributed by atoms with Crippen LogP contribution < -0.4 is 15.8 Å². The van der Waals surface area contributed by atoms with Gasteiger partial charge in [0.25, 0.3) is 11.5 Å². The van der Waals surface area contributed by atoms with Crippen LogP contribution in [0, 0.1) is 0 Å². The van der Waals surface area contributed by atoms with Crippen molar-refractivity contribution in [3.63, 3.8) is 0 Å². The van der Waals surface area contributed by atoms with Crippen LogP contribution in [0.2, 0.25) is 5.02 Å².